The van der Waals surface area contributed by atoms with E-state index < -0.39 is 0 Å². The Morgan fingerprint density at radius 1 is 1.24 bits per heavy atom. The minimum Gasteiger partial charge on any atom is -0.455 e. The average Bonchev–Trinajstić information content (AvgIpc) is 2.32. The van der Waals surface area contributed by atoms with E-state index in [0.29, 0.717) is 16.5 Å². The second-order valence-electron chi connectivity index (χ2n) is 3.60. The van der Waals surface area contributed by atoms with Crippen LogP contribution in [0.5, 0.6) is 11.5 Å². The number of hydrogen-bond acceptors (Lipinski definition) is 3. The van der Waals surface area contributed by atoms with E-state index in [1.807, 2.05) is 43.3 Å². The van der Waals surface area contributed by atoms with E-state index in [2.05, 4.69) is 4.98 Å². The predicted octanol–water partition coefficient (Wildman–Crippen LogP) is 2.82. The summed E-state index contributed by atoms with van der Waals surface area (Å²) in [6.45, 7) is 1.92. The van der Waals surface area contributed by atoms with Crippen molar-refractivity contribution in [3.63, 3.8) is 0 Å². The number of nitrogens with zero attached hydrogens (tertiary/aromatic N) is 1. The molecule has 0 aliphatic heterocycles. The lowest BCUT2D eigenvalue weighted by atomic mass is 10.2. The molecule has 1 heterocycles. The van der Waals surface area contributed by atoms with E-state index in [1.54, 1.807) is 6.20 Å². The van der Waals surface area contributed by atoms with Gasteiger partial charge in [-0.05, 0) is 31.2 Å². The summed E-state index contributed by atoms with van der Waals surface area (Å²) in [4.78, 5) is 4.48. The largest absolute Gasteiger partial charge is 0.455 e. The van der Waals surface area contributed by atoms with Crippen LogP contribution >= 0.6 is 12.2 Å². The van der Waals surface area contributed by atoms with Gasteiger partial charge in [0, 0.05) is 5.69 Å². The summed E-state index contributed by atoms with van der Waals surface area (Å²) >= 11 is 4.97. The molecule has 2 rings (SSSR count). The van der Waals surface area contributed by atoms with Crippen LogP contribution < -0.4 is 10.5 Å². The van der Waals surface area contributed by atoms with Crippen LogP contribution in [0, 0.1) is 6.92 Å². The zero-order valence-corrected chi connectivity index (χ0v) is 10.2. The van der Waals surface area contributed by atoms with Gasteiger partial charge < -0.3 is 10.5 Å². The number of hydrogen-bond donors (Lipinski definition) is 1. The molecule has 0 saturated heterocycles. The Hall–Kier alpha value is -1.94. The van der Waals surface area contributed by atoms with Crippen molar-refractivity contribution in [3.05, 3.63) is 53.9 Å². The maximum absolute atomic E-state index is 5.70. The van der Waals surface area contributed by atoms with E-state index in [1.165, 1.54) is 0 Å². The van der Waals surface area contributed by atoms with Crippen molar-refractivity contribution in [2.24, 2.45) is 5.73 Å². The fourth-order valence-corrected chi connectivity index (χ4v) is 1.57. The molecule has 0 unspecified atom stereocenters. The van der Waals surface area contributed by atoms with Gasteiger partial charge in [-0.25, -0.2) is 0 Å². The van der Waals surface area contributed by atoms with Crippen molar-refractivity contribution in [3.8, 4) is 11.5 Å². The number of benzene rings is 1. The molecule has 0 aliphatic rings. The van der Waals surface area contributed by atoms with E-state index in [9.17, 15) is 0 Å². The Morgan fingerprint density at radius 3 is 2.65 bits per heavy atom. The number of thiocarbonyl (C=S) groups is 1. The van der Waals surface area contributed by atoms with E-state index in [4.69, 9.17) is 22.7 Å². The fraction of sp³-hybridized carbons (Fsp3) is 0.0769. The van der Waals surface area contributed by atoms with Gasteiger partial charge in [-0.2, -0.15) is 0 Å². The maximum atomic E-state index is 5.70. The Morgan fingerprint density at radius 2 is 2.00 bits per heavy atom. The third-order valence-electron chi connectivity index (χ3n) is 2.26. The van der Waals surface area contributed by atoms with Crippen LogP contribution in [0.3, 0.4) is 0 Å². The van der Waals surface area contributed by atoms with Gasteiger partial charge in [-0.1, -0.05) is 24.4 Å². The number of rotatable bonds is 3. The minimum atomic E-state index is 0.320. The van der Waals surface area contributed by atoms with E-state index >= 15 is 0 Å². The molecule has 0 amide bonds. The summed E-state index contributed by atoms with van der Waals surface area (Å²) in [6, 6.07) is 11.2. The van der Waals surface area contributed by atoms with Crippen LogP contribution in [0.1, 0.15) is 11.3 Å². The molecule has 17 heavy (non-hydrogen) atoms. The molecule has 2 aromatic rings. The highest BCUT2D eigenvalue weighted by atomic mass is 32.1. The first-order valence-corrected chi connectivity index (χ1v) is 5.57. The van der Waals surface area contributed by atoms with E-state index in [0.717, 1.165) is 11.3 Å². The van der Waals surface area contributed by atoms with Gasteiger partial charge in [-0.3, -0.25) is 4.98 Å². The lowest BCUT2D eigenvalue weighted by Gasteiger charge is -2.09. The maximum Gasteiger partial charge on any atom is 0.145 e. The lowest BCUT2D eigenvalue weighted by Crippen LogP contribution is -2.10. The third kappa shape index (κ3) is 2.79. The van der Waals surface area contributed by atoms with Crippen LogP contribution in [0.4, 0.5) is 0 Å². The van der Waals surface area contributed by atoms with Crippen LogP contribution in [0.15, 0.2) is 42.6 Å². The van der Waals surface area contributed by atoms with Gasteiger partial charge >= 0.3 is 0 Å². The molecule has 86 valence electrons. The Kier molecular flexibility index (Phi) is 3.35. The number of pyridine rings is 1. The van der Waals surface area contributed by atoms with Crippen molar-refractivity contribution in [1.29, 1.82) is 0 Å². The summed E-state index contributed by atoms with van der Waals surface area (Å²) in [5.74, 6) is 1.31. The average molecular weight is 244 g/mol. The smallest absolute Gasteiger partial charge is 0.145 e. The summed E-state index contributed by atoms with van der Waals surface area (Å²) in [7, 11) is 0. The summed E-state index contributed by atoms with van der Waals surface area (Å²) in [5.41, 5.74) is 7.30. The monoisotopic (exact) mass is 244 g/mol. The quantitative estimate of drug-likeness (QED) is 0.843. The Labute approximate surface area is 105 Å². The molecule has 0 saturated carbocycles. The Balaban J connectivity index is 2.30. The Bertz CT molecular complexity index is 537. The molecule has 0 radical (unpaired) electrons. The molecule has 1 aromatic heterocycles. The topological polar surface area (TPSA) is 48.1 Å². The number of nitrogens with two attached hydrogens (primary N) is 1. The summed E-state index contributed by atoms with van der Waals surface area (Å²) in [5, 5.41) is 0. The van der Waals surface area contributed by atoms with Crippen LogP contribution in [-0.2, 0) is 0 Å². The van der Waals surface area contributed by atoms with Gasteiger partial charge in [0.1, 0.15) is 16.5 Å². The molecule has 2 N–H and O–H groups in total. The van der Waals surface area contributed by atoms with Crippen LogP contribution in [0.2, 0.25) is 0 Å². The second kappa shape index (κ2) is 4.93. The fourth-order valence-electron chi connectivity index (χ4n) is 1.40. The van der Waals surface area contributed by atoms with Crippen molar-refractivity contribution < 1.29 is 4.74 Å². The van der Waals surface area contributed by atoms with Gasteiger partial charge in [-0.15, -0.1) is 0 Å². The summed E-state index contributed by atoms with van der Waals surface area (Å²) < 4.78 is 5.70. The van der Waals surface area contributed by atoms with Gasteiger partial charge in [0.25, 0.3) is 0 Å². The first-order valence-electron chi connectivity index (χ1n) is 5.16. The molecule has 1 aromatic carbocycles. The van der Waals surface area contributed by atoms with Crippen molar-refractivity contribution in [1.82, 2.24) is 4.98 Å². The van der Waals surface area contributed by atoms with E-state index in [-0.39, 0.29) is 0 Å². The highest BCUT2D eigenvalue weighted by Gasteiger charge is 2.06. The molecular formula is C13H12N2OS. The number of aryl methyl sites for hydroxylation is 1. The van der Waals surface area contributed by atoms with Crippen molar-refractivity contribution in [2.45, 2.75) is 6.92 Å². The minimum absolute atomic E-state index is 0.320. The normalized spacial score (nSPS) is 9.94. The highest BCUT2D eigenvalue weighted by molar-refractivity contribution is 7.80. The van der Waals surface area contributed by atoms with Crippen LogP contribution in [-0.4, -0.2) is 9.97 Å². The van der Waals surface area contributed by atoms with Gasteiger partial charge in [0.15, 0.2) is 0 Å². The molecule has 0 fully saturated rings. The van der Waals surface area contributed by atoms with Gasteiger partial charge in [0.05, 0.1) is 11.8 Å². The number of aromatic nitrogens is 1. The summed E-state index contributed by atoms with van der Waals surface area (Å²) in [6.07, 6.45) is 1.67. The zero-order valence-electron chi connectivity index (χ0n) is 9.38. The third-order valence-corrected chi connectivity index (χ3v) is 2.48. The molecule has 0 aliphatic carbocycles. The molecule has 0 atom stereocenters. The van der Waals surface area contributed by atoms with Crippen molar-refractivity contribution in [2.75, 3.05) is 0 Å². The molecule has 0 spiro atoms. The molecule has 4 heteroatoms. The predicted molar refractivity (Wildman–Crippen MR) is 71.4 cm³/mol. The first-order chi connectivity index (χ1) is 8.16. The molecular weight excluding hydrogens is 232 g/mol. The number of ether oxygens (including phenoxy) is 1. The first kappa shape index (κ1) is 11.5. The number of para-hydroxylation sites is 1. The molecule has 0 bridgehead atoms. The SMILES string of the molecule is Cc1ccc(Oc2ccccc2C(N)=S)cn1. The van der Waals surface area contributed by atoms with Crippen molar-refractivity contribution >= 4 is 17.2 Å². The second-order valence-corrected chi connectivity index (χ2v) is 4.04. The highest BCUT2D eigenvalue weighted by Crippen LogP contribution is 2.24. The van der Waals surface area contributed by atoms with Crippen LogP contribution in [0.25, 0.3) is 0 Å². The standard InChI is InChI=1S/C13H12N2OS/c1-9-6-7-10(8-15-9)16-12-5-3-2-4-11(12)13(14)17/h2-8H,1H3,(H2,14,17). The zero-order chi connectivity index (χ0) is 12.3. The molecule has 3 nitrogen and oxygen atoms in total. The lowest BCUT2D eigenvalue weighted by molar-refractivity contribution is 0.479. The van der Waals surface area contributed by atoms with Gasteiger partial charge in [0.2, 0.25) is 0 Å².